The van der Waals surface area contributed by atoms with Crippen LogP contribution in [-0.2, 0) is 6.42 Å². The second kappa shape index (κ2) is 7.88. The van der Waals surface area contributed by atoms with E-state index in [-0.39, 0.29) is 11.9 Å². The van der Waals surface area contributed by atoms with Crippen molar-refractivity contribution in [2.24, 2.45) is 0 Å². The van der Waals surface area contributed by atoms with Gasteiger partial charge in [0.05, 0.1) is 6.04 Å². The molecule has 154 valence electrons. The first-order valence-electron chi connectivity index (χ1n) is 10.6. The van der Waals surface area contributed by atoms with Crippen LogP contribution in [0.15, 0.2) is 83.4 Å². The van der Waals surface area contributed by atoms with E-state index in [1.165, 1.54) is 16.7 Å². The second-order valence-corrected chi connectivity index (χ2v) is 8.09. The standard InChI is InChI=1S/C27H24N2O2/c1-18-12-14-22(15-13-18)26-23-11-7-6-8-20(23)16-17-29(26)27(30)24-19(2)31-28-25(24)21-9-4-3-5-10-21/h3-15,26H,16-17H2,1-2H3. The molecule has 0 saturated carbocycles. The van der Waals surface area contributed by atoms with Crippen LogP contribution in [0.25, 0.3) is 11.3 Å². The Labute approximate surface area is 182 Å². The van der Waals surface area contributed by atoms with E-state index >= 15 is 0 Å². The molecule has 0 bridgehead atoms. The molecule has 0 radical (unpaired) electrons. The molecule has 1 aliphatic rings. The number of aryl methyl sites for hydroxylation is 2. The first-order chi connectivity index (χ1) is 15.1. The van der Waals surface area contributed by atoms with Crippen molar-refractivity contribution in [2.45, 2.75) is 26.3 Å². The van der Waals surface area contributed by atoms with Crippen molar-refractivity contribution in [1.29, 1.82) is 0 Å². The molecule has 0 fully saturated rings. The van der Waals surface area contributed by atoms with E-state index in [0.29, 0.717) is 23.6 Å². The minimum absolute atomic E-state index is 0.0438. The summed E-state index contributed by atoms with van der Waals surface area (Å²) >= 11 is 0. The summed E-state index contributed by atoms with van der Waals surface area (Å²) in [7, 11) is 0. The minimum atomic E-state index is -0.143. The van der Waals surface area contributed by atoms with Crippen LogP contribution < -0.4 is 0 Å². The van der Waals surface area contributed by atoms with Gasteiger partial charge in [-0.05, 0) is 37.0 Å². The summed E-state index contributed by atoms with van der Waals surface area (Å²) in [6.45, 7) is 4.53. The highest BCUT2D eigenvalue weighted by atomic mass is 16.5. The monoisotopic (exact) mass is 408 g/mol. The molecule has 1 atom stereocenters. The summed E-state index contributed by atoms with van der Waals surface area (Å²) in [5.41, 5.74) is 6.82. The van der Waals surface area contributed by atoms with Crippen LogP contribution in [0.1, 0.15) is 44.4 Å². The molecule has 2 heterocycles. The van der Waals surface area contributed by atoms with Gasteiger partial charge in [-0.25, -0.2) is 0 Å². The lowest BCUT2D eigenvalue weighted by atomic mass is 9.87. The third-order valence-electron chi connectivity index (χ3n) is 6.06. The number of amides is 1. The molecular weight excluding hydrogens is 384 g/mol. The summed E-state index contributed by atoms with van der Waals surface area (Å²) in [4.78, 5) is 15.9. The Balaban J connectivity index is 1.62. The molecule has 31 heavy (non-hydrogen) atoms. The van der Waals surface area contributed by atoms with Gasteiger partial charge in [-0.3, -0.25) is 4.79 Å². The summed E-state index contributed by atoms with van der Waals surface area (Å²) in [5, 5.41) is 4.23. The number of carbonyl (C=O) groups excluding carboxylic acids is 1. The van der Waals surface area contributed by atoms with Gasteiger partial charge in [-0.1, -0.05) is 89.6 Å². The highest BCUT2D eigenvalue weighted by Gasteiger charge is 2.35. The van der Waals surface area contributed by atoms with Crippen molar-refractivity contribution in [3.63, 3.8) is 0 Å². The zero-order valence-corrected chi connectivity index (χ0v) is 17.7. The predicted octanol–water partition coefficient (Wildman–Crippen LogP) is 5.75. The summed E-state index contributed by atoms with van der Waals surface area (Å²) in [6, 6.07) is 26.5. The van der Waals surface area contributed by atoms with Gasteiger partial charge in [0.2, 0.25) is 0 Å². The predicted molar refractivity (Wildman–Crippen MR) is 121 cm³/mol. The van der Waals surface area contributed by atoms with E-state index in [1.807, 2.05) is 48.2 Å². The SMILES string of the molecule is Cc1ccc(C2c3ccccc3CCN2C(=O)c2c(-c3ccccc3)noc2C)cc1. The number of benzene rings is 3. The number of rotatable bonds is 3. The molecule has 0 N–H and O–H groups in total. The Morgan fingerprint density at radius 1 is 0.935 bits per heavy atom. The zero-order chi connectivity index (χ0) is 21.4. The number of nitrogens with zero attached hydrogens (tertiary/aromatic N) is 2. The van der Waals surface area contributed by atoms with Gasteiger partial charge in [0.25, 0.3) is 5.91 Å². The fourth-order valence-electron chi connectivity index (χ4n) is 4.45. The quantitative estimate of drug-likeness (QED) is 0.434. The van der Waals surface area contributed by atoms with Crippen molar-refractivity contribution in [3.8, 4) is 11.3 Å². The summed E-state index contributed by atoms with van der Waals surface area (Å²) in [5.74, 6) is 0.503. The van der Waals surface area contributed by atoms with Crippen molar-refractivity contribution in [2.75, 3.05) is 6.54 Å². The molecule has 4 heteroatoms. The molecule has 1 amide bonds. The van der Waals surface area contributed by atoms with Crippen molar-refractivity contribution >= 4 is 5.91 Å². The molecule has 3 aromatic carbocycles. The van der Waals surface area contributed by atoms with Gasteiger partial charge in [-0.15, -0.1) is 0 Å². The van der Waals surface area contributed by atoms with Crippen molar-refractivity contribution in [1.82, 2.24) is 10.1 Å². The number of fused-ring (bicyclic) bond motifs is 1. The fraction of sp³-hybridized carbons (Fsp3) is 0.185. The Bertz CT molecular complexity index is 1230. The first-order valence-corrected chi connectivity index (χ1v) is 10.6. The molecule has 4 aromatic rings. The number of aromatic nitrogens is 1. The second-order valence-electron chi connectivity index (χ2n) is 8.09. The van der Waals surface area contributed by atoms with Gasteiger partial charge < -0.3 is 9.42 Å². The molecule has 1 unspecified atom stereocenters. The van der Waals surface area contributed by atoms with E-state index < -0.39 is 0 Å². The van der Waals surface area contributed by atoms with E-state index in [4.69, 9.17) is 4.52 Å². The Hall–Kier alpha value is -3.66. The Morgan fingerprint density at radius 2 is 1.65 bits per heavy atom. The largest absolute Gasteiger partial charge is 0.360 e. The molecule has 5 rings (SSSR count). The van der Waals surface area contributed by atoms with Gasteiger partial charge in [0, 0.05) is 12.1 Å². The maximum absolute atomic E-state index is 14.0. The Kier molecular flexibility index (Phi) is 4.91. The first kappa shape index (κ1) is 19.3. The number of hydrogen-bond acceptors (Lipinski definition) is 3. The molecule has 0 aliphatic carbocycles. The maximum atomic E-state index is 14.0. The maximum Gasteiger partial charge on any atom is 0.260 e. The molecule has 4 nitrogen and oxygen atoms in total. The zero-order valence-electron chi connectivity index (χ0n) is 17.7. The average Bonchev–Trinajstić information content (AvgIpc) is 3.20. The third-order valence-corrected chi connectivity index (χ3v) is 6.06. The van der Waals surface area contributed by atoms with Crippen LogP contribution in [0.5, 0.6) is 0 Å². The fourth-order valence-corrected chi connectivity index (χ4v) is 4.45. The van der Waals surface area contributed by atoms with Gasteiger partial charge in [0.15, 0.2) is 0 Å². The third kappa shape index (κ3) is 3.44. The number of hydrogen-bond donors (Lipinski definition) is 0. The van der Waals surface area contributed by atoms with E-state index in [9.17, 15) is 4.79 Å². The van der Waals surface area contributed by atoms with E-state index in [2.05, 4.69) is 54.5 Å². The van der Waals surface area contributed by atoms with Gasteiger partial charge in [-0.2, -0.15) is 0 Å². The van der Waals surface area contributed by atoms with Gasteiger partial charge >= 0.3 is 0 Å². The van der Waals surface area contributed by atoms with E-state index in [1.54, 1.807) is 0 Å². The lowest BCUT2D eigenvalue weighted by Gasteiger charge is -2.38. The minimum Gasteiger partial charge on any atom is -0.360 e. The van der Waals surface area contributed by atoms with Gasteiger partial charge in [0.1, 0.15) is 17.0 Å². The topological polar surface area (TPSA) is 46.3 Å². The molecule has 0 spiro atoms. The van der Waals surface area contributed by atoms with Crippen molar-refractivity contribution in [3.05, 3.63) is 112 Å². The molecule has 0 saturated heterocycles. The summed E-state index contributed by atoms with van der Waals surface area (Å²) in [6.07, 6.45) is 0.829. The molecule has 1 aromatic heterocycles. The average molecular weight is 409 g/mol. The highest BCUT2D eigenvalue weighted by molar-refractivity contribution is 6.01. The highest BCUT2D eigenvalue weighted by Crippen LogP contribution is 2.37. The van der Waals surface area contributed by atoms with Crippen LogP contribution in [0, 0.1) is 13.8 Å². The van der Waals surface area contributed by atoms with Crippen LogP contribution in [0.3, 0.4) is 0 Å². The lowest BCUT2D eigenvalue weighted by Crippen LogP contribution is -2.41. The normalized spacial score (nSPS) is 15.5. The molecule has 1 aliphatic heterocycles. The number of carbonyl (C=O) groups is 1. The van der Waals surface area contributed by atoms with E-state index in [0.717, 1.165) is 17.5 Å². The smallest absolute Gasteiger partial charge is 0.260 e. The van der Waals surface area contributed by atoms with Crippen molar-refractivity contribution < 1.29 is 9.32 Å². The lowest BCUT2D eigenvalue weighted by molar-refractivity contribution is 0.0693. The van der Waals surface area contributed by atoms with Crippen LogP contribution in [0.4, 0.5) is 0 Å². The Morgan fingerprint density at radius 3 is 2.42 bits per heavy atom. The van der Waals surface area contributed by atoms with Crippen LogP contribution in [-0.4, -0.2) is 22.5 Å². The van der Waals surface area contributed by atoms with Crippen LogP contribution in [0.2, 0.25) is 0 Å². The molecular formula is C27H24N2O2. The summed E-state index contributed by atoms with van der Waals surface area (Å²) < 4.78 is 5.49. The van der Waals surface area contributed by atoms with Crippen LogP contribution >= 0.6 is 0 Å².